The van der Waals surface area contributed by atoms with Crippen molar-refractivity contribution in [1.82, 2.24) is 0 Å². The van der Waals surface area contributed by atoms with Crippen LogP contribution in [-0.2, 0) is 0 Å². The lowest BCUT2D eigenvalue weighted by Crippen LogP contribution is -2.46. The standard InChI is InChI=1S/C8H18N2O/c1-10(2,11)8-5-3-7(9)4-6-8/h7-8H,3-6,9H2,1-2H3. The Balaban J connectivity index is 2.39. The van der Waals surface area contributed by atoms with Gasteiger partial charge in [-0.2, -0.15) is 0 Å². The van der Waals surface area contributed by atoms with Gasteiger partial charge in [0.25, 0.3) is 0 Å². The topological polar surface area (TPSA) is 49.1 Å². The molecule has 3 nitrogen and oxygen atoms in total. The smallest absolute Gasteiger partial charge is 0.0884 e. The van der Waals surface area contributed by atoms with Gasteiger partial charge in [-0.3, -0.25) is 0 Å². The monoisotopic (exact) mass is 158 g/mol. The predicted octanol–water partition coefficient (Wildman–Crippen LogP) is 0.830. The molecular weight excluding hydrogens is 140 g/mol. The van der Waals surface area contributed by atoms with Gasteiger partial charge in [-0.15, -0.1) is 0 Å². The van der Waals surface area contributed by atoms with Crippen LogP contribution in [-0.4, -0.2) is 30.8 Å². The lowest BCUT2D eigenvalue weighted by molar-refractivity contribution is -0.868. The van der Waals surface area contributed by atoms with Crippen LogP contribution < -0.4 is 5.73 Å². The zero-order valence-corrected chi connectivity index (χ0v) is 7.42. The van der Waals surface area contributed by atoms with Crippen LogP contribution in [0.25, 0.3) is 0 Å². The molecule has 0 aromatic rings. The van der Waals surface area contributed by atoms with Crippen LogP contribution in [0.2, 0.25) is 0 Å². The van der Waals surface area contributed by atoms with E-state index in [0.717, 1.165) is 25.7 Å². The third-order valence-electron chi connectivity index (χ3n) is 2.62. The Morgan fingerprint density at radius 3 is 2.00 bits per heavy atom. The largest absolute Gasteiger partial charge is 0.633 e. The molecule has 1 fully saturated rings. The second-order valence-corrected chi connectivity index (χ2v) is 4.00. The lowest BCUT2D eigenvalue weighted by Gasteiger charge is -2.44. The number of nitrogens with two attached hydrogens (primary N) is 1. The van der Waals surface area contributed by atoms with Crippen molar-refractivity contribution in [3.8, 4) is 0 Å². The Hall–Kier alpha value is -0.120. The second kappa shape index (κ2) is 3.09. The van der Waals surface area contributed by atoms with E-state index in [2.05, 4.69) is 0 Å². The highest BCUT2D eigenvalue weighted by molar-refractivity contribution is 4.74. The first kappa shape index (κ1) is 8.97. The zero-order valence-electron chi connectivity index (χ0n) is 7.42. The fraction of sp³-hybridized carbons (Fsp3) is 1.00. The summed E-state index contributed by atoms with van der Waals surface area (Å²) in [5, 5.41) is 11.5. The van der Waals surface area contributed by atoms with Crippen molar-refractivity contribution in [1.29, 1.82) is 0 Å². The number of hydrogen-bond acceptors (Lipinski definition) is 2. The highest BCUT2D eigenvalue weighted by Gasteiger charge is 2.25. The first-order valence-electron chi connectivity index (χ1n) is 4.30. The molecule has 1 saturated carbocycles. The normalized spacial score (nSPS) is 33.8. The fourth-order valence-corrected chi connectivity index (χ4v) is 1.72. The summed E-state index contributed by atoms with van der Waals surface area (Å²) < 4.78 is -0.146. The van der Waals surface area contributed by atoms with E-state index in [1.165, 1.54) is 0 Å². The average Bonchev–Trinajstić information content (AvgIpc) is 1.86. The van der Waals surface area contributed by atoms with E-state index < -0.39 is 0 Å². The van der Waals surface area contributed by atoms with E-state index in [1.807, 2.05) is 0 Å². The summed E-state index contributed by atoms with van der Waals surface area (Å²) in [5.41, 5.74) is 5.73. The van der Waals surface area contributed by atoms with Crippen LogP contribution in [0.5, 0.6) is 0 Å². The Morgan fingerprint density at radius 1 is 1.18 bits per heavy atom. The SMILES string of the molecule is C[N+](C)([O-])C1CCC(N)CC1. The minimum atomic E-state index is -0.146. The molecule has 0 spiro atoms. The van der Waals surface area contributed by atoms with E-state index >= 15 is 0 Å². The molecule has 11 heavy (non-hydrogen) atoms. The number of hydroxylamine groups is 3. The summed E-state index contributed by atoms with van der Waals surface area (Å²) in [6, 6.07) is 0.632. The minimum Gasteiger partial charge on any atom is -0.633 e. The molecule has 0 amide bonds. The van der Waals surface area contributed by atoms with Crippen molar-refractivity contribution < 1.29 is 4.65 Å². The molecule has 0 radical (unpaired) electrons. The zero-order chi connectivity index (χ0) is 8.48. The van der Waals surface area contributed by atoms with Crippen molar-refractivity contribution in [2.45, 2.75) is 37.8 Å². The van der Waals surface area contributed by atoms with E-state index in [0.29, 0.717) is 6.04 Å². The summed E-state index contributed by atoms with van der Waals surface area (Å²) in [5.74, 6) is 0. The molecule has 1 aliphatic rings. The molecule has 0 aromatic heterocycles. The lowest BCUT2D eigenvalue weighted by atomic mass is 9.91. The summed E-state index contributed by atoms with van der Waals surface area (Å²) in [4.78, 5) is 0. The second-order valence-electron chi connectivity index (χ2n) is 4.00. The molecule has 0 saturated heterocycles. The van der Waals surface area contributed by atoms with Gasteiger partial charge in [0.1, 0.15) is 0 Å². The van der Waals surface area contributed by atoms with Gasteiger partial charge in [-0.05, 0) is 12.8 Å². The van der Waals surface area contributed by atoms with Gasteiger partial charge in [-0.1, -0.05) is 0 Å². The van der Waals surface area contributed by atoms with Gasteiger partial charge in [-0.25, -0.2) is 0 Å². The maximum Gasteiger partial charge on any atom is 0.0884 e. The summed E-state index contributed by atoms with van der Waals surface area (Å²) in [7, 11) is 3.45. The average molecular weight is 158 g/mol. The van der Waals surface area contributed by atoms with E-state index in [4.69, 9.17) is 5.73 Å². The maximum absolute atomic E-state index is 11.5. The van der Waals surface area contributed by atoms with Gasteiger partial charge in [0, 0.05) is 18.9 Å². The van der Waals surface area contributed by atoms with Gasteiger partial charge in [0.05, 0.1) is 20.1 Å². The maximum atomic E-state index is 11.5. The Labute approximate surface area is 68.3 Å². The van der Waals surface area contributed by atoms with Gasteiger partial charge < -0.3 is 15.6 Å². The van der Waals surface area contributed by atoms with Crippen molar-refractivity contribution in [2.75, 3.05) is 14.1 Å². The summed E-state index contributed by atoms with van der Waals surface area (Å²) >= 11 is 0. The van der Waals surface area contributed by atoms with Crippen LogP contribution in [0, 0.1) is 5.21 Å². The quantitative estimate of drug-likeness (QED) is 0.454. The first-order chi connectivity index (χ1) is 5.00. The van der Waals surface area contributed by atoms with Crippen LogP contribution in [0.4, 0.5) is 0 Å². The molecule has 0 aliphatic heterocycles. The Bertz CT molecular complexity index is 123. The molecule has 0 unspecified atom stereocenters. The van der Waals surface area contributed by atoms with Crippen LogP contribution in [0.3, 0.4) is 0 Å². The van der Waals surface area contributed by atoms with Crippen LogP contribution >= 0.6 is 0 Å². The molecule has 0 bridgehead atoms. The van der Waals surface area contributed by atoms with E-state index in [9.17, 15) is 5.21 Å². The van der Waals surface area contributed by atoms with Gasteiger partial charge in [0.2, 0.25) is 0 Å². The molecule has 66 valence electrons. The van der Waals surface area contributed by atoms with E-state index in [-0.39, 0.29) is 10.7 Å². The molecule has 0 atom stereocenters. The third-order valence-corrected chi connectivity index (χ3v) is 2.62. The Kier molecular flexibility index (Phi) is 2.52. The highest BCUT2D eigenvalue weighted by atomic mass is 16.5. The van der Waals surface area contributed by atoms with Gasteiger partial charge in [0.15, 0.2) is 0 Å². The van der Waals surface area contributed by atoms with Gasteiger partial charge >= 0.3 is 0 Å². The van der Waals surface area contributed by atoms with Crippen molar-refractivity contribution in [3.05, 3.63) is 5.21 Å². The molecule has 1 aliphatic carbocycles. The minimum absolute atomic E-state index is 0.146. The molecule has 2 N–H and O–H groups in total. The van der Waals surface area contributed by atoms with Crippen LogP contribution in [0.1, 0.15) is 25.7 Å². The molecular formula is C8H18N2O. The number of quaternary nitrogens is 1. The van der Waals surface area contributed by atoms with Crippen LogP contribution in [0.15, 0.2) is 0 Å². The van der Waals surface area contributed by atoms with Crippen molar-refractivity contribution in [3.63, 3.8) is 0 Å². The predicted molar refractivity (Wildman–Crippen MR) is 45.7 cm³/mol. The molecule has 1 rings (SSSR count). The molecule has 0 aromatic carbocycles. The van der Waals surface area contributed by atoms with Crippen molar-refractivity contribution in [2.24, 2.45) is 5.73 Å². The molecule has 3 heteroatoms. The summed E-state index contributed by atoms with van der Waals surface area (Å²) in [6.45, 7) is 0. The highest BCUT2D eigenvalue weighted by Crippen LogP contribution is 2.23. The number of nitrogens with zero attached hydrogens (tertiary/aromatic N) is 1. The summed E-state index contributed by atoms with van der Waals surface area (Å²) in [6.07, 6.45) is 4.04. The fourth-order valence-electron chi connectivity index (χ4n) is 1.72. The molecule has 0 heterocycles. The van der Waals surface area contributed by atoms with E-state index in [1.54, 1.807) is 14.1 Å². The first-order valence-corrected chi connectivity index (χ1v) is 4.30. The number of rotatable bonds is 1. The van der Waals surface area contributed by atoms with Crippen molar-refractivity contribution >= 4 is 0 Å². The number of hydrogen-bond donors (Lipinski definition) is 1. The Morgan fingerprint density at radius 2 is 1.64 bits per heavy atom. The third kappa shape index (κ3) is 2.43.